The lowest BCUT2D eigenvalue weighted by molar-refractivity contribution is -0.245. The van der Waals surface area contributed by atoms with Gasteiger partial charge in [0.2, 0.25) is 0 Å². The van der Waals surface area contributed by atoms with E-state index in [1.807, 2.05) is 0 Å². The van der Waals surface area contributed by atoms with Crippen molar-refractivity contribution in [2.24, 2.45) is 121 Å². The number of fused-ring (bicyclic) bond motifs is 2. The predicted molar refractivity (Wildman–Crippen MR) is 387 cm³/mol. The predicted octanol–water partition coefficient (Wildman–Crippen LogP) is 17.4. The van der Waals surface area contributed by atoms with E-state index in [2.05, 4.69) is 48.5 Å². The van der Waals surface area contributed by atoms with E-state index in [4.69, 9.17) is 0 Å². The summed E-state index contributed by atoms with van der Waals surface area (Å²) in [6, 6.07) is 0. The Morgan fingerprint density at radius 3 is 0.897 bits per heavy atom. The molecule has 26 saturated carbocycles. The van der Waals surface area contributed by atoms with Crippen molar-refractivity contribution < 1.29 is 51.1 Å². The first-order valence-electron chi connectivity index (χ1n) is 43.0. The van der Waals surface area contributed by atoms with Crippen LogP contribution in [0, 0.1) is 121 Å². The third-order valence-corrected chi connectivity index (χ3v) is 34.3. The van der Waals surface area contributed by atoms with Gasteiger partial charge in [-0.3, -0.25) is 0 Å². The fourth-order valence-electron chi connectivity index (χ4n) is 33.3. The summed E-state index contributed by atoms with van der Waals surface area (Å²) in [5, 5.41) is 104. The van der Waals surface area contributed by atoms with Crippen molar-refractivity contribution in [3.05, 3.63) is 0 Å². The van der Waals surface area contributed by atoms with Crippen molar-refractivity contribution in [3.8, 4) is 0 Å². The van der Waals surface area contributed by atoms with Gasteiger partial charge in [0.05, 0.1) is 58.0 Å². The van der Waals surface area contributed by atoms with E-state index in [1.54, 1.807) is 0 Å². The number of rotatable bonds is 13. The van der Waals surface area contributed by atoms with Gasteiger partial charge in [0, 0.05) is 0 Å². The smallest absolute Gasteiger partial charge is 0.0916 e. The first-order valence-corrected chi connectivity index (χ1v) is 43.0. The third-order valence-electron chi connectivity index (χ3n) is 34.3. The summed E-state index contributed by atoms with van der Waals surface area (Å²) in [7, 11) is 0. The van der Waals surface area contributed by atoms with Crippen molar-refractivity contribution in [1.29, 1.82) is 0 Å². The second-order valence-corrected chi connectivity index (χ2v) is 42.3. The Kier molecular flexibility index (Phi) is 20.6. The molecule has 10 nitrogen and oxygen atoms in total. The second kappa shape index (κ2) is 27.1. The van der Waals surface area contributed by atoms with Crippen molar-refractivity contribution in [1.82, 2.24) is 0 Å². The van der Waals surface area contributed by atoms with E-state index in [9.17, 15) is 51.1 Å². The summed E-state index contributed by atoms with van der Waals surface area (Å²) < 4.78 is 0. The molecule has 0 amide bonds. The van der Waals surface area contributed by atoms with Crippen LogP contribution in [0.1, 0.15) is 363 Å². The zero-order chi connectivity index (χ0) is 68.6. The number of unbranched alkanes of at least 4 members (excludes halogenated alkanes) is 2. The van der Waals surface area contributed by atoms with Gasteiger partial charge in [0.25, 0.3) is 0 Å². The molecule has 0 aliphatic heterocycles. The Bertz CT molecular complexity index is 2600. The summed E-state index contributed by atoms with van der Waals surface area (Å²) in [4.78, 5) is 0. The molecule has 97 heavy (non-hydrogen) atoms. The topological polar surface area (TPSA) is 202 Å². The highest BCUT2D eigenvalue weighted by atomic mass is 16.4. The van der Waals surface area contributed by atoms with Crippen LogP contribution in [0.3, 0.4) is 0 Å². The lowest BCUT2D eigenvalue weighted by Crippen LogP contribution is -2.65. The summed E-state index contributed by atoms with van der Waals surface area (Å²) in [6.07, 6.45) is 57.7. The molecular weight excluding hydrogens is 1200 g/mol. The monoisotopic (exact) mass is 1350 g/mol. The van der Waals surface area contributed by atoms with Crippen LogP contribution < -0.4 is 0 Å². The van der Waals surface area contributed by atoms with Gasteiger partial charge >= 0.3 is 0 Å². The van der Waals surface area contributed by atoms with E-state index in [-0.39, 0.29) is 39.2 Å². The van der Waals surface area contributed by atoms with Crippen LogP contribution >= 0.6 is 0 Å². The molecule has 0 spiro atoms. The zero-order valence-corrected chi connectivity index (χ0v) is 63.1. The summed E-state index contributed by atoms with van der Waals surface area (Å²) in [5.41, 5.74) is -0.975. The number of aliphatic hydroxyl groups is 10. The lowest BCUT2D eigenvalue weighted by Gasteiger charge is -2.63. The van der Waals surface area contributed by atoms with Crippen LogP contribution in [0.2, 0.25) is 0 Å². The minimum atomic E-state index is -0.724. The van der Waals surface area contributed by atoms with Crippen LogP contribution in [0.15, 0.2) is 0 Å². The molecule has 26 bridgehead atoms. The molecule has 0 aromatic rings. The number of aliphatic hydroxyl groups excluding tert-OH is 4. The van der Waals surface area contributed by atoms with Crippen molar-refractivity contribution in [3.63, 3.8) is 0 Å². The summed E-state index contributed by atoms with van der Waals surface area (Å²) >= 11 is 0. The average Bonchev–Trinajstić information content (AvgIpc) is 1.50. The van der Waals surface area contributed by atoms with Crippen molar-refractivity contribution >= 4 is 0 Å². The van der Waals surface area contributed by atoms with Gasteiger partial charge in [0.15, 0.2) is 0 Å². The first kappa shape index (κ1) is 73.5. The van der Waals surface area contributed by atoms with Crippen LogP contribution in [-0.4, -0.2) is 109 Å². The minimum Gasteiger partial charge on any atom is -0.393 e. The Morgan fingerprint density at radius 2 is 0.588 bits per heavy atom. The quantitative estimate of drug-likeness (QED) is 0.0846. The molecule has 0 radical (unpaired) electrons. The molecule has 26 aliphatic rings. The standard InChI is InChI=1S/C14H24O2.C14H24O.C13H22O2.C13H22O.C12H20O2.C12H20O.C9H16O/c1-2-3-4-13-6-10-5-11(7-13)9-14(16,8-10)12(13)15;1-2-3-4-13-6-11-5-12(7-13)9-14(15,8-11)10-13;1-2-3-12-5-9-4-10(6-12)8-13(15,7-9)11(12)14;1-2-3-12-5-10-4-11(6-12)8-13(14,7-10)9-12;1-2-11-4-8-3-9(5-11)7-12(14,6-8)10(11)13;1-2-11-4-9-3-10(5-11)7-12(13,6-9)8-11;1-2-8-6-3-4-7(5-6)9(8)10/h10-12,15-16H,2-9H2,1H3;11-12,15H,2-10H2,1H3;9-11,14-15H,2-8H2,1H3;10-11,14H,2-9H2,1H3;8-10,13-14H,2-7H2,1H3;9-10,13H,2-8H2,1H3;6-10H,2-5H2,1H3. The first-order chi connectivity index (χ1) is 46.0. The van der Waals surface area contributed by atoms with Crippen molar-refractivity contribution in [2.45, 2.75) is 421 Å². The fraction of sp³-hybridized carbons (Fsp3) is 1.00. The average molecular weight is 1350 g/mol. The molecule has 0 heterocycles. The number of hydrogen-bond donors (Lipinski definition) is 10. The molecule has 0 aromatic heterocycles. The molecule has 0 aromatic carbocycles. The molecule has 26 rings (SSSR count). The number of hydrogen-bond acceptors (Lipinski definition) is 10. The van der Waals surface area contributed by atoms with E-state index >= 15 is 0 Å². The third kappa shape index (κ3) is 14.0. The van der Waals surface area contributed by atoms with Gasteiger partial charge in [0.1, 0.15) is 0 Å². The Labute approximate surface area is 590 Å². The fourth-order valence-corrected chi connectivity index (χ4v) is 33.3. The Morgan fingerprint density at radius 1 is 0.278 bits per heavy atom. The normalized spacial score (nSPS) is 55.9. The molecular formula is C87H148O10. The maximum atomic E-state index is 10.6. The molecule has 556 valence electrons. The van der Waals surface area contributed by atoms with Crippen LogP contribution in [0.25, 0.3) is 0 Å². The zero-order valence-electron chi connectivity index (χ0n) is 63.1. The summed E-state index contributed by atoms with van der Waals surface area (Å²) in [5.74, 6) is 11.6. The Hall–Kier alpha value is -0.400. The molecule has 19 unspecified atom stereocenters. The van der Waals surface area contributed by atoms with Gasteiger partial charge < -0.3 is 51.1 Å². The van der Waals surface area contributed by atoms with E-state index in [0.717, 1.165) is 176 Å². The van der Waals surface area contributed by atoms with Gasteiger partial charge in [-0.25, -0.2) is 0 Å². The van der Waals surface area contributed by atoms with Gasteiger partial charge in [-0.1, -0.05) is 99.8 Å². The maximum Gasteiger partial charge on any atom is 0.0916 e. The molecule has 19 atom stereocenters. The van der Waals surface area contributed by atoms with Gasteiger partial charge in [-0.15, -0.1) is 0 Å². The second-order valence-electron chi connectivity index (χ2n) is 42.3. The highest BCUT2D eigenvalue weighted by Crippen LogP contribution is 2.69. The molecule has 26 fully saturated rings. The van der Waals surface area contributed by atoms with Crippen molar-refractivity contribution in [2.75, 3.05) is 0 Å². The van der Waals surface area contributed by atoms with Crippen LogP contribution in [0.4, 0.5) is 0 Å². The van der Waals surface area contributed by atoms with Gasteiger partial charge in [-0.05, 0) is 385 Å². The highest BCUT2D eigenvalue weighted by molar-refractivity contribution is 5.17. The van der Waals surface area contributed by atoms with Crippen LogP contribution in [-0.2, 0) is 0 Å². The van der Waals surface area contributed by atoms with E-state index in [0.29, 0.717) is 63.6 Å². The molecule has 0 saturated heterocycles. The van der Waals surface area contributed by atoms with E-state index in [1.165, 1.54) is 180 Å². The molecule has 10 heteroatoms. The largest absolute Gasteiger partial charge is 0.393 e. The van der Waals surface area contributed by atoms with Gasteiger partial charge in [-0.2, -0.15) is 0 Å². The minimum absolute atomic E-state index is 0.0590. The Balaban J connectivity index is 0.0000000973. The SMILES string of the molecule is CCC12CC3CC(CC(O)(C3)C1)C2.CCC12CC3CC(CC(O)(C3)C1O)C2.CCC1C2CCC(C2)C1O.CCCC12CC3CC(CC(O)(C3)C1)C2.CCCC12CC3CC(CC(O)(C3)C1O)C2.CCCCC12CC3CC(CC(O)(C3)C1)C2.CCCCC12CC3CC(CC(O)(C3)C1O)C2. The van der Waals surface area contributed by atoms with E-state index < -0.39 is 35.1 Å². The lowest BCUT2D eigenvalue weighted by atomic mass is 9.45. The maximum absolute atomic E-state index is 10.6. The summed E-state index contributed by atoms with van der Waals surface area (Å²) in [6.45, 7) is 15.7. The van der Waals surface area contributed by atoms with Crippen LogP contribution in [0.5, 0.6) is 0 Å². The highest BCUT2D eigenvalue weighted by Gasteiger charge is 2.66. The molecule has 10 N–H and O–H groups in total. The molecule has 26 aliphatic carbocycles.